The maximum absolute atomic E-state index is 13.4. The topological polar surface area (TPSA) is 61.9 Å². The van der Waals surface area contributed by atoms with Crippen molar-refractivity contribution in [1.29, 1.82) is 0 Å². The molecule has 3 amide bonds. The van der Waals surface area contributed by atoms with Crippen LogP contribution in [0.5, 0.6) is 0 Å². The van der Waals surface area contributed by atoms with Crippen molar-refractivity contribution in [3.8, 4) is 0 Å². The number of benzene rings is 2. The van der Waals surface area contributed by atoms with Crippen molar-refractivity contribution >= 4 is 40.6 Å². The fourth-order valence-electron chi connectivity index (χ4n) is 3.41. The van der Waals surface area contributed by atoms with Gasteiger partial charge in [0.2, 0.25) is 5.91 Å². The lowest BCUT2D eigenvalue weighted by molar-refractivity contribution is -0.133. The largest absolute Gasteiger partial charge is 0.382 e. The lowest BCUT2D eigenvalue weighted by atomic mass is 10.2. The maximum Gasteiger partial charge on any atom is 0.322 e. The second-order valence-electron chi connectivity index (χ2n) is 7.73. The minimum Gasteiger partial charge on any atom is -0.382 e. The van der Waals surface area contributed by atoms with E-state index in [1.807, 2.05) is 54.8 Å². The number of ether oxygens (including phenoxy) is 1. The van der Waals surface area contributed by atoms with E-state index in [9.17, 15) is 9.59 Å². The first-order chi connectivity index (χ1) is 16.5. The van der Waals surface area contributed by atoms with Gasteiger partial charge in [-0.3, -0.25) is 4.79 Å². The summed E-state index contributed by atoms with van der Waals surface area (Å²) in [4.78, 5) is 30.9. The predicted molar refractivity (Wildman–Crippen MR) is 138 cm³/mol. The lowest BCUT2D eigenvalue weighted by Crippen LogP contribution is -2.44. The molecule has 0 unspecified atom stereocenters. The standard InChI is InChI=1S/C26H30ClN3O3S/c1-2-33-15-8-14-29(26(32)28-23-12-6-11-22(27)17-23)20-25(31)30(19-24-13-7-16-34-24)18-21-9-4-3-5-10-21/h3-7,9-13,16-17H,2,8,14-15,18-20H2,1H3,(H,28,32). The molecule has 0 aliphatic heterocycles. The minimum absolute atomic E-state index is 0.0310. The smallest absolute Gasteiger partial charge is 0.322 e. The van der Waals surface area contributed by atoms with E-state index in [-0.39, 0.29) is 18.5 Å². The Hall–Kier alpha value is -2.87. The Balaban J connectivity index is 1.73. The van der Waals surface area contributed by atoms with E-state index in [0.29, 0.717) is 50.0 Å². The van der Waals surface area contributed by atoms with Gasteiger partial charge in [0.15, 0.2) is 0 Å². The Morgan fingerprint density at radius 2 is 1.82 bits per heavy atom. The van der Waals surface area contributed by atoms with Crippen LogP contribution in [0.4, 0.5) is 10.5 Å². The quantitative estimate of drug-likeness (QED) is 0.316. The van der Waals surface area contributed by atoms with Gasteiger partial charge < -0.3 is 19.9 Å². The van der Waals surface area contributed by atoms with Crippen LogP contribution >= 0.6 is 22.9 Å². The van der Waals surface area contributed by atoms with E-state index in [2.05, 4.69) is 5.32 Å². The van der Waals surface area contributed by atoms with Crippen LogP contribution in [0.15, 0.2) is 72.1 Å². The van der Waals surface area contributed by atoms with Crippen LogP contribution in [0.2, 0.25) is 5.02 Å². The second kappa shape index (κ2) is 13.7. The zero-order valence-corrected chi connectivity index (χ0v) is 20.9. The maximum atomic E-state index is 13.4. The summed E-state index contributed by atoms with van der Waals surface area (Å²) < 4.78 is 5.43. The van der Waals surface area contributed by atoms with Crippen molar-refractivity contribution in [3.63, 3.8) is 0 Å². The third-order valence-corrected chi connectivity index (χ3v) is 6.20. The average molecular weight is 500 g/mol. The third-order valence-electron chi connectivity index (χ3n) is 5.11. The number of hydrogen-bond acceptors (Lipinski definition) is 4. The number of thiophene rings is 1. The number of nitrogens with one attached hydrogen (secondary N) is 1. The van der Waals surface area contributed by atoms with Crippen LogP contribution < -0.4 is 5.32 Å². The molecule has 3 rings (SSSR count). The summed E-state index contributed by atoms with van der Waals surface area (Å²) in [6.45, 7) is 4.40. The molecule has 1 N–H and O–H groups in total. The molecule has 8 heteroatoms. The first-order valence-corrected chi connectivity index (χ1v) is 12.5. The summed E-state index contributed by atoms with van der Waals surface area (Å²) in [6, 6.07) is 20.5. The lowest BCUT2D eigenvalue weighted by Gasteiger charge is -2.28. The molecule has 0 saturated carbocycles. The molecule has 180 valence electrons. The van der Waals surface area contributed by atoms with Crippen LogP contribution in [0, 0.1) is 0 Å². The third kappa shape index (κ3) is 8.48. The number of nitrogens with zero attached hydrogens (tertiary/aromatic N) is 2. The van der Waals surface area contributed by atoms with Gasteiger partial charge in [-0.25, -0.2) is 4.79 Å². The summed E-state index contributed by atoms with van der Waals surface area (Å²) in [5.41, 5.74) is 1.62. The molecule has 34 heavy (non-hydrogen) atoms. The highest BCUT2D eigenvalue weighted by atomic mass is 35.5. The predicted octanol–water partition coefficient (Wildman–Crippen LogP) is 5.89. The summed E-state index contributed by atoms with van der Waals surface area (Å²) in [7, 11) is 0. The summed E-state index contributed by atoms with van der Waals surface area (Å²) in [6.07, 6.45) is 0.633. The summed E-state index contributed by atoms with van der Waals surface area (Å²) in [5, 5.41) is 5.38. The Morgan fingerprint density at radius 3 is 2.53 bits per heavy atom. The summed E-state index contributed by atoms with van der Waals surface area (Å²) >= 11 is 7.67. The Labute approximate surface area is 210 Å². The van der Waals surface area contributed by atoms with E-state index in [1.54, 1.807) is 40.5 Å². The van der Waals surface area contributed by atoms with E-state index >= 15 is 0 Å². The van der Waals surface area contributed by atoms with Gasteiger partial charge in [-0.1, -0.05) is 54.1 Å². The minimum atomic E-state index is -0.345. The highest BCUT2D eigenvalue weighted by Crippen LogP contribution is 2.17. The first-order valence-electron chi connectivity index (χ1n) is 11.3. The Bertz CT molecular complexity index is 1030. The first kappa shape index (κ1) is 25.7. The molecule has 1 aromatic heterocycles. The molecule has 0 saturated heterocycles. The number of rotatable bonds is 12. The fourth-order valence-corrected chi connectivity index (χ4v) is 4.32. The van der Waals surface area contributed by atoms with Gasteiger partial charge >= 0.3 is 6.03 Å². The number of carbonyl (C=O) groups excluding carboxylic acids is 2. The van der Waals surface area contributed by atoms with Crippen LogP contribution in [0.1, 0.15) is 23.8 Å². The number of hydrogen-bond donors (Lipinski definition) is 1. The zero-order chi connectivity index (χ0) is 24.2. The molecule has 1 heterocycles. The van der Waals surface area contributed by atoms with Crippen molar-refractivity contribution in [2.45, 2.75) is 26.4 Å². The normalized spacial score (nSPS) is 10.6. The SMILES string of the molecule is CCOCCCN(CC(=O)N(Cc1ccccc1)Cc1cccs1)C(=O)Nc1cccc(Cl)c1. The summed E-state index contributed by atoms with van der Waals surface area (Å²) in [5.74, 6) is -0.116. The fraction of sp³-hybridized carbons (Fsp3) is 0.308. The van der Waals surface area contributed by atoms with Crippen LogP contribution in [-0.4, -0.2) is 48.0 Å². The van der Waals surface area contributed by atoms with Crippen LogP contribution in [0.25, 0.3) is 0 Å². The highest BCUT2D eigenvalue weighted by molar-refractivity contribution is 7.09. The molecule has 3 aromatic rings. The van der Waals surface area contributed by atoms with Crippen LogP contribution in [0.3, 0.4) is 0 Å². The molecule has 0 aliphatic carbocycles. The Morgan fingerprint density at radius 1 is 1.00 bits per heavy atom. The number of carbonyl (C=O) groups is 2. The van der Waals surface area contributed by atoms with E-state index in [0.717, 1.165) is 10.4 Å². The van der Waals surface area contributed by atoms with Crippen molar-refractivity contribution in [1.82, 2.24) is 9.80 Å². The number of anilines is 1. The van der Waals surface area contributed by atoms with Gasteiger partial charge in [-0.2, -0.15) is 0 Å². The number of halogens is 1. The van der Waals surface area contributed by atoms with Crippen molar-refractivity contribution in [2.75, 3.05) is 31.6 Å². The zero-order valence-electron chi connectivity index (χ0n) is 19.3. The molecule has 0 fully saturated rings. The molecular weight excluding hydrogens is 470 g/mol. The number of urea groups is 1. The van der Waals surface area contributed by atoms with Crippen LogP contribution in [-0.2, 0) is 22.6 Å². The van der Waals surface area contributed by atoms with E-state index < -0.39 is 0 Å². The van der Waals surface area contributed by atoms with Crippen molar-refractivity contribution in [3.05, 3.63) is 87.6 Å². The molecule has 0 bridgehead atoms. The molecule has 0 atom stereocenters. The van der Waals surface area contributed by atoms with Gasteiger partial charge in [-0.05, 0) is 48.6 Å². The molecular formula is C26H30ClN3O3S. The number of amides is 3. The molecule has 2 aromatic carbocycles. The second-order valence-corrected chi connectivity index (χ2v) is 9.20. The van der Waals surface area contributed by atoms with E-state index in [4.69, 9.17) is 16.3 Å². The van der Waals surface area contributed by atoms with Gasteiger partial charge in [0, 0.05) is 41.9 Å². The van der Waals surface area contributed by atoms with Crippen molar-refractivity contribution in [2.24, 2.45) is 0 Å². The molecule has 0 aliphatic rings. The monoisotopic (exact) mass is 499 g/mol. The molecule has 6 nitrogen and oxygen atoms in total. The van der Waals surface area contributed by atoms with Crippen molar-refractivity contribution < 1.29 is 14.3 Å². The van der Waals surface area contributed by atoms with Gasteiger partial charge in [-0.15, -0.1) is 11.3 Å². The van der Waals surface area contributed by atoms with Gasteiger partial charge in [0.1, 0.15) is 6.54 Å². The van der Waals surface area contributed by atoms with Gasteiger partial charge in [0.25, 0.3) is 0 Å². The van der Waals surface area contributed by atoms with Gasteiger partial charge in [0.05, 0.1) is 6.54 Å². The average Bonchev–Trinajstić information content (AvgIpc) is 3.34. The molecule has 0 radical (unpaired) electrons. The van der Waals surface area contributed by atoms with E-state index in [1.165, 1.54) is 4.90 Å². The molecule has 0 spiro atoms. The Kier molecular flexibility index (Phi) is 10.4. The highest BCUT2D eigenvalue weighted by Gasteiger charge is 2.22.